The summed E-state index contributed by atoms with van der Waals surface area (Å²) in [6.07, 6.45) is 1.62. The highest BCUT2D eigenvalue weighted by Crippen LogP contribution is 2.26. The van der Waals surface area contributed by atoms with Gasteiger partial charge in [-0.2, -0.15) is 0 Å². The zero-order chi connectivity index (χ0) is 14.3. The number of carbonyl (C=O) groups is 1. The fourth-order valence-electron chi connectivity index (χ4n) is 2.10. The van der Waals surface area contributed by atoms with Crippen molar-refractivity contribution in [3.8, 4) is 0 Å². The highest BCUT2D eigenvalue weighted by molar-refractivity contribution is 14.1. The molecule has 0 saturated heterocycles. The molecule has 0 radical (unpaired) electrons. The molecule has 20 heavy (non-hydrogen) atoms. The first-order chi connectivity index (χ1) is 9.56. The number of benzene rings is 2. The van der Waals surface area contributed by atoms with E-state index in [9.17, 15) is 9.18 Å². The van der Waals surface area contributed by atoms with Crippen molar-refractivity contribution >= 4 is 55.2 Å². The van der Waals surface area contributed by atoms with E-state index in [2.05, 4.69) is 43.5 Å². The summed E-state index contributed by atoms with van der Waals surface area (Å²) in [5.74, 6) is -0.415. The Balaban J connectivity index is 2.15. The van der Waals surface area contributed by atoms with E-state index < -0.39 is 0 Å². The molecule has 2 aromatic carbocycles. The van der Waals surface area contributed by atoms with Crippen molar-refractivity contribution in [2.75, 3.05) is 0 Å². The van der Waals surface area contributed by atoms with Crippen molar-refractivity contribution < 1.29 is 9.18 Å². The van der Waals surface area contributed by atoms with Crippen LogP contribution in [0.1, 0.15) is 15.9 Å². The number of halogens is 3. The van der Waals surface area contributed by atoms with Gasteiger partial charge in [-0.25, -0.2) is 4.39 Å². The molecule has 0 fully saturated rings. The van der Waals surface area contributed by atoms with Crippen molar-refractivity contribution in [2.24, 2.45) is 0 Å². The second-order valence-corrected chi connectivity index (χ2v) is 6.45. The van der Waals surface area contributed by atoms with Crippen LogP contribution in [0.5, 0.6) is 0 Å². The van der Waals surface area contributed by atoms with Crippen LogP contribution < -0.4 is 0 Å². The summed E-state index contributed by atoms with van der Waals surface area (Å²) in [5, 5.41) is 0.724. The first kappa shape index (κ1) is 13.8. The molecule has 0 aliphatic rings. The SMILES string of the molecule is O=C(c1cc(I)ccc1Br)c1c[nH]c2cc(F)ccc12. The monoisotopic (exact) mass is 443 g/mol. The smallest absolute Gasteiger partial charge is 0.196 e. The average Bonchev–Trinajstić information content (AvgIpc) is 2.83. The molecule has 3 rings (SSSR count). The zero-order valence-electron chi connectivity index (χ0n) is 10.1. The number of ketones is 1. The predicted octanol–water partition coefficient (Wildman–Crippen LogP) is 4.91. The summed E-state index contributed by atoms with van der Waals surface area (Å²) in [5.41, 5.74) is 1.76. The molecule has 100 valence electrons. The number of H-pyrrole nitrogens is 1. The summed E-state index contributed by atoms with van der Waals surface area (Å²) in [6, 6.07) is 9.97. The van der Waals surface area contributed by atoms with E-state index in [1.165, 1.54) is 12.1 Å². The number of fused-ring (bicyclic) bond motifs is 1. The lowest BCUT2D eigenvalue weighted by atomic mass is 10.0. The molecule has 0 amide bonds. The molecule has 1 heterocycles. The van der Waals surface area contributed by atoms with Gasteiger partial charge < -0.3 is 4.98 Å². The van der Waals surface area contributed by atoms with E-state index in [1.807, 2.05) is 18.2 Å². The topological polar surface area (TPSA) is 32.9 Å². The third kappa shape index (κ3) is 2.40. The van der Waals surface area contributed by atoms with E-state index in [4.69, 9.17) is 0 Å². The van der Waals surface area contributed by atoms with Gasteiger partial charge in [0.15, 0.2) is 5.78 Å². The number of carbonyl (C=O) groups excluding carboxylic acids is 1. The van der Waals surface area contributed by atoms with E-state index in [0.717, 1.165) is 13.4 Å². The number of aromatic nitrogens is 1. The van der Waals surface area contributed by atoms with Crippen LogP contribution in [0.15, 0.2) is 47.1 Å². The van der Waals surface area contributed by atoms with Crippen LogP contribution in [-0.2, 0) is 0 Å². The molecule has 0 saturated carbocycles. The van der Waals surface area contributed by atoms with Crippen molar-refractivity contribution in [1.82, 2.24) is 4.98 Å². The molecule has 3 aromatic rings. The lowest BCUT2D eigenvalue weighted by Gasteiger charge is -2.04. The third-order valence-electron chi connectivity index (χ3n) is 3.06. The van der Waals surface area contributed by atoms with E-state index in [1.54, 1.807) is 12.3 Å². The van der Waals surface area contributed by atoms with Gasteiger partial charge in [-0.1, -0.05) is 15.9 Å². The van der Waals surface area contributed by atoms with Gasteiger partial charge in [-0.15, -0.1) is 0 Å². The van der Waals surface area contributed by atoms with Crippen LogP contribution >= 0.6 is 38.5 Å². The molecule has 0 bridgehead atoms. The van der Waals surface area contributed by atoms with Gasteiger partial charge >= 0.3 is 0 Å². The average molecular weight is 444 g/mol. The Morgan fingerprint density at radius 3 is 2.75 bits per heavy atom. The van der Waals surface area contributed by atoms with Crippen LogP contribution in [0.4, 0.5) is 4.39 Å². The fraction of sp³-hybridized carbons (Fsp3) is 0. The van der Waals surface area contributed by atoms with Crippen molar-refractivity contribution in [2.45, 2.75) is 0 Å². The molecule has 0 aliphatic heterocycles. The van der Waals surface area contributed by atoms with Crippen LogP contribution in [0.3, 0.4) is 0 Å². The summed E-state index contributed by atoms with van der Waals surface area (Å²) in [6.45, 7) is 0. The Labute approximate surface area is 136 Å². The van der Waals surface area contributed by atoms with E-state index in [-0.39, 0.29) is 11.6 Å². The summed E-state index contributed by atoms with van der Waals surface area (Å²) in [7, 11) is 0. The molecule has 0 aliphatic carbocycles. The molecule has 0 unspecified atom stereocenters. The maximum Gasteiger partial charge on any atom is 0.196 e. The molecule has 2 nitrogen and oxygen atoms in total. The number of rotatable bonds is 2. The summed E-state index contributed by atoms with van der Waals surface area (Å²) in [4.78, 5) is 15.6. The summed E-state index contributed by atoms with van der Waals surface area (Å²) < 4.78 is 14.9. The lowest BCUT2D eigenvalue weighted by molar-refractivity contribution is 0.103. The normalized spacial score (nSPS) is 10.9. The van der Waals surface area contributed by atoms with Crippen molar-refractivity contribution in [3.05, 3.63) is 67.6 Å². The molecule has 0 atom stereocenters. The number of nitrogens with one attached hydrogen (secondary N) is 1. The second-order valence-electron chi connectivity index (χ2n) is 4.35. The van der Waals surface area contributed by atoms with Crippen LogP contribution in [0.25, 0.3) is 10.9 Å². The molecule has 1 aromatic heterocycles. The Bertz CT molecular complexity index is 828. The molecule has 5 heteroatoms. The molecule has 0 spiro atoms. The minimum Gasteiger partial charge on any atom is -0.360 e. The van der Waals surface area contributed by atoms with E-state index in [0.29, 0.717) is 16.6 Å². The molecular weight excluding hydrogens is 436 g/mol. The van der Waals surface area contributed by atoms with Gasteiger partial charge in [0, 0.05) is 36.3 Å². The minimum atomic E-state index is -0.325. The highest BCUT2D eigenvalue weighted by atomic mass is 127. The molecular formula is C15H8BrFINO. The Morgan fingerprint density at radius 1 is 1.15 bits per heavy atom. The Hall–Kier alpha value is -1.21. The summed E-state index contributed by atoms with van der Waals surface area (Å²) >= 11 is 5.56. The lowest BCUT2D eigenvalue weighted by Crippen LogP contribution is -2.02. The first-order valence-electron chi connectivity index (χ1n) is 5.82. The Morgan fingerprint density at radius 2 is 1.95 bits per heavy atom. The largest absolute Gasteiger partial charge is 0.360 e. The highest BCUT2D eigenvalue weighted by Gasteiger charge is 2.17. The van der Waals surface area contributed by atoms with Crippen LogP contribution in [-0.4, -0.2) is 10.8 Å². The number of hydrogen-bond donors (Lipinski definition) is 1. The predicted molar refractivity (Wildman–Crippen MR) is 88.5 cm³/mol. The fourth-order valence-corrected chi connectivity index (χ4v) is 3.02. The maximum absolute atomic E-state index is 13.2. The van der Waals surface area contributed by atoms with Gasteiger partial charge in [-0.3, -0.25) is 4.79 Å². The standard InChI is InChI=1S/C15H8BrFINO/c16-13-4-2-9(18)6-11(13)15(20)12-7-19-14-5-8(17)1-3-10(12)14/h1-7,19H. The zero-order valence-corrected chi connectivity index (χ0v) is 13.8. The van der Waals surface area contributed by atoms with Crippen LogP contribution in [0.2, 0.25) is 0 Å². The maximum atomic E-state index is 13.2. The van der Waals surface area contributed by atoms with E-state index >= 15 is 0 Å². The number of aromatic amines is 1. The van der Waals surface area contributed by atoms with Gasteiger partial charge in [0.2, 0.25) is 0 Å². The van der Waals surface area contributed by atoms with Crippen LogP contribution in [0, 0.1) is 9.39 Å². The minimum absolute atomic E-state index is 0.0896. The van der Waals surface area contributed by atoms with Crippen molar-refractivity contribution in [1.29, 1.82) is 0 Å². The van der Waals surface area contributed by atoms with Gasteiger partial charge in [0.1, 0.15) is 5.82 Å². The second kappa shape index (κ2) is 5.29. The van der Waals surface area contributed by atoms with Crippen molar-refractivity contribution in [3.63, 3.8) is 0 Å². The van der Waals surface area contributed by atoms with Gasteiger partial charge in [0.25, 0.3) is 0 Å². The van der Waals surface area contributed by atoms with Gasteiger partial charge in [-0.05, 0) is 59.0 Å². The molecule has 1 N–H and O–H groups in total. The quantitative estimate of drug-likeness (QED) is 0.443. The third-order valence-corrected chi connectivity index (χ3v) is 4.42. The van der Waals surface area contributed by atoms with Gasteiger partial charge in [0.05, 0.1) is 0 Å². The number of hydrogen-bond acceptors (Lipinski definition) is 1. The Kier molecular flexibility index (Phi) is 3.64. The first-order valence-corrected chi connectivity index (χ1v) is 7.70.